The van der Waals surface area contributed by atoms with Crippen molar-refractivity contribution in [3.63, 3.8) is 0 Å². The Balaban J connectivity index is 2.32. The Morgan fingerprint density at radius 1 is 0.600 bits per heavy atom. The van der Waals surface area contributed by atoms with Gasteiger partial charge in [-0.3, -0.25) is 9.59 Å². The first-order valence-electron chi connectivity index (χ1n) is 24.4. The van der Waals surface area contributed by atoms with E-state index in [9.17, 15) is 14.7 Å². The van der Waals surface area contributed by atoms with Crippen LogP contribution < -0.4 is 0 Å². The third kappa shape index (κ3) is 29.7. The summed E-state index contributed by atoms with van der Waals surface area (Å²) in [6.07, 6.45) is 39.3. The van der Waals surface area contributed by atoms with Crippen molar-refractivity contribution in [2.75, 3.05) is 39.5 Å². The zero-order valence-electron chi connectivity index (χ0n) is 37.7. The van der Waals surface area contributed by atoms with Crippen molar-refractivity contribution in [2.24, 2.45) is 16.7 Å². The highest BCUT2D eigenvalue weighted by Gasteiger charge is 2.41. The SMILES string of the molecule is CCCCCCCCCOC(=O)CCCCC1(CCN(CCCCO)CCCCCCC(C)(C)C(=O)OCC(CCCCCCC)CCCCCCC)CC1. The van der Waals surface area contributed by atoms with Gasteiger partial charge in [-0.15, -0.1) is 0 Å². The van der Waals surface area contributed by atoms with Crippen molar-refractivity contribution in [3.8, 4) is 0 Å². The number of carbonyl (C=O) groups is 2. The molecule has 0 radical (unpaired) electrons. The maximum absolute atomic E-state index is 13.2. The van der Waals surface area contributed by atoms with Crippen LogP contribution in [0.3, 0.4) is 0 Å². The molecule has 0 unspecified atom stereocenters. The second kappa shape index (κ2) is 34.9. The van der Waals surface area contributed by atoms with Crippen LogP contribution in [0.5, 0.6) is 0 Å². The van der Waals surface area contributed by atoms with Crippen molar-refractivity contribution in [1.29, 1.82) is 0 Å². The fourth-order valence-electron chi connectivity index (χ4n) is 8.20. The van der Waals surface area contributed by atoms with Crippen molar-refractivity contribution in [2.45, 2.75) is 247 Å². The lowest BCUT2D eigenvalue weighted by atomic mass is 9.86. The van der Waals surface area contributed by atoms with Crippen molar-refractivity contribution in [3.05, 3.63) is 0 Å². The molecule has 6 nitrogen and oxygen atoms in total. The van der Waals surface area contributed by atoms with Crippen LogP contribution in [0.15, 0.2) is 0 Å². The van der Waals surface area contributed by atoms with Gasteiger partial charge in [0, 0.05) is 13.0 Å². The molecule has 0 saturated heterocycles. The number of hydrogen-bond acceptors (Lipinski definition) is 6. The molecule has 1 aliphatic carbocycles. The second-order valence-electron chi connectivity index (χ2n) is 18.5. The number of aliphatic hydroxyl groups is 1. The fraction of sp³-hybridized carbons (Fsp3) is 0.959. The minimum Gasteiger partial charge on any atom is -0.466 e. The summed E-state index contributed by atoms with van der Waals surface area (Å²) in [4.78, 5) is 28.1. The third-order valence-electron chi connectivity index (χ3n) is 12.6. The van der Waals surface area contributed by atoms with E-state index in [1.54, 1.807) is 0 Å². The summed E-state index contributed by atoms with van der Waals surface area (Å²) >= 11 is 0. The van der Waals surface area contributed by atoms with E-state index in [1.165, 1.54) is 154 Å². The molecule has 1 saturated carbocycles. The molecule has 1 aliphatic rings. The van der Waals surface area contributed by atoms with E-state index in [4.69, 9.17) is 9.47 Å². The molecule has 0 amide bonds. The second-order valence-corrected chi connectivity index (χ2v) is 18.5. The number of esters is 2. The van der Waals surface area contributed by atoms with Crippen molar-refractivity contribution in [1.82, 2.24) is 4.90 Å². The molecule has 0 spiro atoms. The summed E-state index contributed by atoms with van der Waals surface area (Å²) in [5.74, 6) is 0.500. The molecule has 326 valence electrons. The molecule has 55 heavy (non-hydrogen) atoms. The number of rotatable bonds is 42. The van der Waals surface area contributed by atoms with Crippen molar-refractivity contribution >= 4 is 11.9 Å². The molecule has 1 N–H and O–H groups in total. The van der Waals surface area contributed by atoms with Gasteiger partial charge in [-0.25, -0.2) is 0 Å². The van der Waals surface area contributed by atoms with Gasteiger partial charge in [0.05, 0.1) is 18.6 Å². The molecule has 0 atom stereocenters. The molecule has 0 aromatic rings. The van der Waals surface area contributed by atoms with E-state index < -0.39 is 5.41 Å². The first-order chi connectivity index (χ1) is 26.7. The van der Waals surface area contributed by atoms with Crippen LogP contribution in [0, 0.1) is 16.7 Å². The maximum atomic E-state index is 13.2. The van der Waals surface area contributed by atoms with Crippen LogP contribution in [0.1, 0.15) is 247 Å². The Labute approximate surface area is 342 Å². The zero-order valence-corrected chi connectivity index (χ0v) is 37.7. The maximum Gasteiger partial charge on any atom is 0.311 e. The molecule has 6 heteroatoms. The first kappa shape index (κ1) is 51.9. The van der Waals surface area contributed by atoms with Gasteiger partial charge in [0.25, 0.3) is 0 Å². The standard InChI is InChI=1S/C49H95NO5/c1-6-9-12-15-16-21-30-43-54-46(52)33-24-26-35-49(36-37-49)38-41-50(40-28-29-42-51)39-27-20-19-25-34-48(4,5)47(53)55-44-45(31-22-17-13-10-7-2)32-23-18-14-11-8-3/h45,51H,6-44H2,1-5H3. The van der Waals surface area contributed by atoms with Crippen LogP contribution >= 0.6 is 0 Å². The smallest absolute Gasteiger partial charge is 0.311 e. The van der Waals surface area contributed by atoms with Crippen molar-refractivity contribution < 1.29 is 24.2 Å². The minimum atomic E-state index is -0.421. The molecular weight excluding hydrogens is 683 g/mol. The highest BCUT2D eigenvalue weighted by Crippen LogP contribution is 2.53. The largest absolute Gasteiger partial charge is 0.466 e. The van der Waals surface area contributed by atoms with Gasteiger partial charge < -0.3 is 19.5 Å². The monoisotopic (exact) mass is 778 g/mol. The van der Waals surface area contributed by atoms with E-state index in [1.807, 2.05) is 0 Å². The van der Waals surface area contributed by atoms with Crippen LogP contribution in [-0.2, 0) is 19.1 Å². The molecular formula is C49H95NO5. The zero-order chi connectivity index (χ0) is 40.3. The Hall–Kier alpha value is -1.14. The first-order valence-corrected chi connectivity index (χ1v) is 24.4. The summed E-state index contributed by atoms with van der Waals surface area (Å²) in [5.41, 5.74) is 0.0651. The summed E-state index contributed by atoms with van der Waals surface area (Å²) in [5, 5.41) is 9.39. The van der Waals surface area contributed by atoms with E-state index in [2.05, 4.69) is 39.5 Å². The number of ether oxygens (including phenoxy) is 2. The van der Waals surface area contributed by atoms with E-state index in [0.29, 0.717) is 31.0 Å². The number of hydrogen-bond donors (Lipinski definition) is 1. The predicted molar refractivity (Wildman–Crippen MR) is 235 cm³/mol. The molecule has 0 heterocycles. The summed E-state index contributed by atoms with van der Waals surface area (Å²) in [6.45, 7) is 15.8. The van der Waals surface area contributed by atoms with Crippen LogP contribution in [0.4, 0.5) is 0 Å². The van der Waals surface area contributed by atoms with Crippen LogP contribution in [0.2, 0.25) is 0 Å². The number of aliphatic hydroxyl groups excluding tert-OH is 1. The molecule has 0 aromatic heterocycles. The number of carbonyl (C=O) groups excluding carboxylic acids is 2. The normalized spacial score (nSPS) is 13.9. The lowest BCUT2D eigenvalue weighted by molar-refractivity contribution is -0.156. The number of nitrogens with zero attached hydrogens (tertiary/aromatic N) is 1. The molecule has 1 fully saturated rings. The highest BCUT2D eigenvalue weighted by atomic mass is 16.5. The van der Waals surface area contributed by atoms with Gasteiger partial charge in [-0.1, -0.05) is 149 Å². The van der Waals surface area contributed by atoms with Crippen LogP contribution in [0.25, 0.3) is 0 Å². The van der Waals surface area contributed by atoms with Gasteiger partial charge in [-0.2, -0.15) is 0 Å². The number of unbranched alkanes of at least 4 members (excludes halogenated alkanes) is 19. The third-order valence-corrected chi connectivity index (χ3v) is 12.6. The Morgan fingerprint density at radius 2 is 1.13 bits per heavy atom. The summed E-state index contributed by atoms with van der Waals surface area (Å²) < 4.78 is 11.5. The summed E-state index contributed by atoms with van der Waals surface area (Å²) in [7, 11) is 0. The Morgan fingerprint density at radius 3 is 1.71 bits per heavy atom. The van der Waals surface area contributed by atoms with Gasteiger partial charge in [0.2, 0.25) is 0 Å². The molecule has 0 aliphatic heterocycles. The van der Waals surface area contributed by atoms with Gasteiger partial charge >= 0.3 is 11.9 Å². The van der Waals surface area contributed by atoms with Gasteiger partial charge in [0.15, 0.2) is 0 Å². The Kier molecular flexibility index (Phi) is 32.9. The predicted octanol–water partition coefficient (Wildman–Crippen LogP) is 13.9. The average molecular weight is 778 g/mol. The quantitative estimate of drug-likeness (QED) is 0.0491. The summed E-state index contributed by atoms with van der Waals surface area (Å²) in [6, 6.07) is 0. The fourth-order valence-corrected chi connectivity index (χ4v) is 8.20. The Bertz CT molecular complexity index is 873. The topological polar surface area (TPSA) is 76.1 Å². The highest BCUT2D eigenvalue weighted by molar-refractivity contribution is 5.75. The van der Waals surface area contributed by atoms with E-state index in [0.717, 1.165) is 71.0 Å². The lowest BCUT2D eigenvalue weighted by Gasteiger charge is -2.26. The molecule has 1 rings (SSSR count). The van der Waals surface area contributed by atoms with Crippen LogP contribution in [-0.4, -0.2) is 61.4 Å². The van der Waals surface area contributed by atoms with E-state index >= 15 is 0 Å². The lowest BCUT2D eigenvalue weighted by Crippen LogP contribution is -2.29. The molecule has 0 aromatic carbocycles. The van der Waals surface area contributed by atoms with Gasteiger partial charge in [0.1, 0.15) is 0 Å². The molecule has 0 bridgehead atoms. The average Bonchev–Trinajstić information content (AvgIpc) is 3.95. The minimum absolute atomic E-state index is 0.00253. The van der Waals surface area contributed by atoms with Gasteiger partial charge in [-0.05, 0) is 122 Å². The van der Waals surface area contributed by atoms with E-state index in [-0.39, 0.29) is 18.5 Å².